The zero-order chi connectivity index (χ0) is 25.0. The fourth-order valence-corrected chi connectivity index (χ4v) is 10.4. The maximum atomic E-state index is 13.0. The van der Waals surface area contributed by atoms with Gasteiger partial charge < -0.3 is 15.1 Å². The molecule has 9 atom stereocenters. The monoisotopic (exact) mass is 487 g/mol. The van der Waals surface area contributed by atoms with Gasteiger partial charge in [0.1, 0.15) is 0 Å². The molecule has 4 heteroatoms. The molecule has 1 heterocycles. The summed E-state index contributed by atoms with van der Waals surface area (Å²) >= 11 is 0. The first kappa shape index (κ1) is 26.0. The van der Waals surface area contributed by atoms with Crippen LogP contribution in [0.15, 0.2) is 0 Å². The third-order valence-corrected chi connectivity index (χ3v) is 12.9. The SMILES string of the molecule is CCC1(O)CCN(C(=O)CCC(C)[C@H]2CC[C@H]3[C@@H]4CC[C@H]5C[C@@H](O)CC[C@]5(C)[C@H]4CC[C@]23C)CC1. The number of rotatable bonds is 5. The largest absolute Gasteiger partial charge is 0.393 e. The number of hydrogen-bond acceptors (Lipinski definition) is 3. The summed E-state index contributed by atoms with van der Waals surface area (Å²) in [5.74, 6) is 5.03. The lowest BCUT2D eigenvalue weighted by atomic mass is 9.44. The molecule has 1 unspecified atom stereocenters. The van der Waals surface area contributed by atoms with E-state index in [1.54, 1.807) is 0 Å². The Hall–Kier alpha value is -0.610. The number of fused-ring (bicyclic) bond motifs is 5. The van der Waals surface area contributed by atoms with Crippen LogP contribution in [0, 0.1) is 46.3 Å². The van der Waals surface area contributed by atoms with Crippen molar-refractivity contribution in [1.29, 1.82) is 0 Å². The van der Waals surface area contributed by atoms with E-state index in [-0.39, 0.29) is 6.10 Å². The predicted molar refractivity (Wildman–Crippen MR) is 141 cm³/mol. The molecule has 0 bridgehead atoms. The Kier molecular flexibility index (Phi) is 7.14. The van der Waals surface area contributed by atoms with Crippen LogP contribution in [0.2, 0.25) is 0 Å². The minimum absolute atomic E-state index is 0.0549. The van der Waals surface area contributed by atoms with Gasteiger partial charge in [0.05, 0.1) is 11.7 Å². The van der Waals surface area contributed by atoms with Gasteiger partial charge in [-0.3, -0.25) is 4.79 Å². The Morgan fingerprint density at radius 2 is 1.63 bits per heavy atom. The summed E-state index contributed by atoms with van der Waals surface area (Å²) in [5, 5.41) is 20.8. The Morgan fingerprint density at radius 3 is 2.34 bits per heavy atom. The zero-order valence-electron chi connectivity index (χ0n) is 23.1. The van der Waals surface area contributed by atoms with Crippen molar-refractivity contribution in [1.82, 2.24) is 4.90 Å². The van der Waals surface area contributed by atoms with Crippen LogP contribution in [0.3, 0.4) is 0 Å². The lowest BCUT2D eigenvalue weighted by Crippen LogP contribution is -2.54. The number of aliphatic hydroxyl groups excluding tert-OH is 1. The van der Waals surface area contributed by atoms with Gasteiger partial charge in [0, 0.05) is 19.5 Å². The average Bonchev–Trinajstić information content (AvgIpc) is 3.20. The normalized spacial score (nSPS) is 45.8. The number of piperidine rings is 1. The van der Waals surface area contributed by atoms with E-state index in [4.69, 9.17) is 0 Å². The standard InChI is InChI=1S/C31H53NO3/c1-5-31(35)16-18-32(19-17-31)28(34)11-6-21(2)25-9-10-26-24-8-7-22-20-23(33)12-14-29(22,3)27(24)13-15-30(25,26)4/h21-27,33,35H,5-20H2,1-4H3/t21?,22-,23-,24-,25+,26-,27-,29-,30+/m0/s1. The van der Waals surface area contributed by atoms with Crippen LogP contribution < -0.4 is 0 Å². The number of aliphatic hydroxyl groups is 2. The third kappa shape index (κ3) is 4.51. The molecular weight excluding hydrogens is 434 g/mol. The molecule has 35 heavy (non-hydrogen) atoms. The smallest absolute Gasteiger partial charge is 0.222 e. The van der Waals surface area contributed by atoms with E-state index in [1.807, 2.05) is 11.8 Å². The minimum Gasteiger partial charge on any atom is -0.393 e. The highest BCUT2D eigenvalue weighted by Crippen LogP contribution is 2.68. The van der Waals surface area contributed by atoms with Crippen molar-refractivity contribution in [2.24, 2.45) is 46.3 Å². The van der Waals surface area contributed by atoms with Gasteiger partial charge in [0.25, 0.3) is 0 Å². The highest BCUT2D eigenvalue weighted by molar-refractivity contribution is 5.76. The van der Waals surface area contributed by atoms with Gasteiger partial charge in [0.15, 0.2) is 0 Å². The number of hydrogen-bond donors (Lipinski definition) is 2. The molecule has 4 aliphatic carbocycles. The molecule has 5 rings (SSSR count). The van der Waals surface area contributed by atoms with Crippen molar-refractivity contribution in [2.75, 3.05) is 13.1 Å². The van der Waals surface area contributed by atoms with E-state index in [0.29, 0.717) is 29.1 Å². The van der Waals surface area contributed by atoms with E-state index in [9.17, 15) is 15.0 Å². The second-order valence-corrected chi connectivity index (χ2v) is 14.3. The summed E-state index contributed by atoms with van der Waals surface area (Å²) in [5.41, 5.74) is 0.353. The van der Waals surface area contributed by atoms with Crippen LogP contribution >= 0.6 is 0 Å². The quantitative estimate of drug-likeness (QED) is 0.486. The highest BCUT2D eigenvalue weighted by Gasteiger charge is 2.60. The van der Waals surface area contributed by atoms with Gasteiger partial charge >= 0.3 is 0 Å². The fraction of sp³-hybridized carbons (Fsp3) is 0.968. The molecule has 1 aliphatic heterocycles. The maximum absolute atomic E-state index is 13.0. The topological polar surface area (TPSA) is 60.8 Å². The van der Waals surface area contributed by atoms with Crippen LogP contribution in [-0.2, 0) is 4.79 Å². The molecule has 5 aliphatic rings. The second-order valence-electron chi connectivity index (χ2n) is 14.3. The molecule has 4 saturated carbocycles. The van der Waals surface area contributed by atoms with E-state index in [1.165, 1.54) is 44.9 Å². The van der Waals surface area contributed by atoms with Crippen molar-refractivity contribution in [3.8, 4) is 0 Å². The molecule has 0 aromatic carbocycles. The average molecular weight is 488 g/mol. The Balaban J connectivity index is 1.19. The first-order chi connectivity index (χ1) is 16.6. The predicted octanol–water partition coefficient (Wildman–Crippen LogP) is 6.19. The molecule has 0 aromatic heterocycles. The third-order valence-electron chi connectivity index (χ3n) is 12.9. The highest BCUT2D eigenvalue weighted by atomic mass is 16.3. The molecule has 1 saturated heterocycles. The minimum atomic E-state index is -0.552. The number of likely N-dealkylation sites (tertiary alicyclic amines) is 1. The Bertz CT molecular complexity index is 775. The van der Waals surface area contributed by atoms with Crippen LogP contribution in [0.5, 0.6) is 0 Å². The van der Waals surface area contributed by atoms with Crippen molar-refractivity contribution in [3.63, 3.8) is 0 Å². The second kappa shape index (κ2) is 9.61. The Labute approximate surface area is 214 Å². The lowest BCUT2D eigenvalue weighted by molar-refractivity contribution is -0.136. The molecular formula is C31H53NO3. The summed E-state index contributed by atoms with van der Waals surface area (Å²) in [7, 11) is 0. The van der Waals surface area contributed by atoms with Gasteiger partial charge in [-0.15, -0.1) is 0 Å². The molecule has 1 amide bonds. The molecule has 4 nitrogen and oxygen atoms in total. The summed E-state index contributed by atoms with van der Waals surface area (Å²) in [4.78, 5) is 15.0. The molecule has 0 radical (unpaired) electrons. The van der Waals surface area contributed by atoms with Crippen molar-refractivity contribution >= 4 is 5.91 Å². The van der Waals surface area contributed by atoms with Crippen LogP contribution in [0.4, 0.5) is 0 Å². The number of carbonyl (C=O) groups is 1. The van der Waals surface area contributed by atoms with Crippen molar-refractivity contribution in [2.45, 2.75) is 129 Å². The molecule has 0 aromatic rings. The van der Waals surface area contributed by atoms with Crippen molar-refractivity contribution < 1.29 is 15.0 Å². The summed E-state index contributed by atoms with van der Waals surface area (Å²) in [6.07, 6.45) is 15.4. The van der Waals surface area contributed by atoms with E-state index in [0.717, 1.165) is 81.2 Å². The summed E-state index contributed by atoms with van der Waals surface area (Å²) in [6, 6.07) is 0. The number of nitrogens with zero attached hydrogens (tertiary/aromatic N) is 1. The summed E-state index contributed by atoms with van der Waals surface area (Å²) < 4.78 is 0. The van der Waals surface area contributed by atoms with Gasteiger partial charge in [-0.25, -0.2) is 0 Å². The molecule has 2 N–H and O–H groups in total. The zero-order valence-corrected chi connectivity index (χ0v) is 23.1. The molecule has 200 valence electrons. The van der Waals surface area contributed by atoms with Gasteiger partial charge in [-0.05, 0) is 130 Å². The van der Waals surface area contributed by atoms with Crippen LogP contribution in [0.25, 0.3) is 0 Å². The van der Waals surface area contributed by atoms with Crippen LogP contribution in [-0.4, -0.2) is 45.8 Å². The maximum Gasteiger partial charge on any atom is 0.222 e. The van der Waals surface area contributed by atoms with E-state index < -0.39 is 5.60 Å². The van der Waals surface area contributed by atoms with E-state index in [2.05, 4.69) is 20.8 Å². The molecule has 5 fully saturated rings. The Morgan fingerprint density at radius 1 is 0.943 bits per heavy atom. The first-order valence-electron chi connectivity index (χ1n) is 15.3. The molecule has 0 spiro atoms. The lowest BCUT2D eigenvalue weighted by Gasteiger charge is -2.61. The van der Waals surface area contributed by atoms with Gasteiger partial charge in [-0.1, -0.05) is 27.7 Å². The summed E-state index contributed by atoms with van der Waals surface area (Å²) in [6.45, 7) is 11.1. The number of amides is 1. The van der Waals surface area contributed by atoms with Gasteiger partial charge in [0.2, 0.25) is 5.91 Å². The van der Waals surface area contributed by atoms with Crippen LogP contribution in [0.1, 0.15) is 118 Å². The van der Waals surface area contributed by atoms with E-state index >= 15 is 0 Å². The first-order valence-corrected chi connectivity index (χ1v) is 15.3. The number of carbonyl (C=O) groups excluding carboxylic acids is 1. The fourth-order valence-electron chi connectivity index (χ4n) is 10.4. The van der Waals surface area contributed by atoms with Gasteiger partial charge in [-0.2, -0.15) is 0 Å². The van der Waals surface area contributed by atoms with Crippen molar-refractivity contribution in [3.05, 3.63) is 0 Å².